The van der Waals surface area contributed by atoms with Gasteiger partial charge in [-0.25, -0.2) is 4.79 Å². The highest BCUT2D eigenvalue weighted by molar-refractivity contribution is 7.98. The Morgan fingerprint density at radius 3 is 2.50 bits per heavy atom. The smallest absolute Gasteiger partial charge is 0.324 e. The second-order valence-corrected chi connectivity index (χ2v) is 7.74. The van der Waals surface area contributed by atoms with Crippen LogP contribution in [0.4, 0.5) is 10.5 Å². The largest absolute Gasteiger partial charge is 0.325 e. The Morgan fingerprint density at radius 1 is 1.11 bits per heavy atom. The fraction of sp³-hybridized carbons (Fsp3) is 0.286. The van der Waals surface area contributed by atoms with Crippen molar-refractivity contribution in [2.45, 2.75) is 30.2 Å². The Hall–Kier alpha value is -2.80. The number of anilines is 1. The van der Waals surface area contributed by atoms with Crippen molar-refractivity contribution in [3.63, 3.8) is 0 Å². The number of carbonyl (C=O) groups excluding carboxylic acids is 3. The van der Waals surface area contributed by atoms with E-state index < -0.39 is 17.5 Å². The van der Waals surface area contributed by atoms with E-state index >= 15 is 0 Å². The highest BCUT2D eigenvalue weighted by atomic mass is 32.2. The van der Waals surface area contributed by atoms with E-state index in [1.807, 2.05) is 54.8 Å². The lowest BCUT2D eigenvalue weighted by atomic mass is 9.93. The molecule has 7 heteroatoms. The summed E-state index contributed by atoms with van der Waals surface area (Å²) in [5.74, 6) is -0.779. The van der Waals surface area contributed by atoms with Crippen LogP contribution in [-0.4, -0.2) is 41.1 Å². The zero-order chi connectivity index (χ0) is 20.1. The molecule has 6 nitrogen and oxygen atoms in total. The molecule has 0 aromatic heterocycles. The molecule has 0 spiro atoms. The summed E-state index contributed by atoms with van der Waals surface area (Å²) in [5.41, 5.74) is 0.749. The number of thioether (sulfide) groups is 1. The van der Waals surface area contributed by atoms with Crippen molar-refractivity contribution in [3.05, 3.63) is 60.2 Å². The molecule has 2 aromatic rings. The van der Waals surface area contributed by atoms with Gasteiger partial charge in [0.2, 0.25) is 5.91 Å². The zero-order valence-corrected chi connectivity index (χ0v) is 16.7. The molecule has 28 heavy (non-hydrogen) atoms. The third-order valence-corrected chi connectivity index (χ3v) is 5.58. The van der Waals surface area contributed by atoms with E-state index in [1.165, 1.54) is 11.8 Å². The van der Waals surface area contributed by atoms with Gasteiger partial charge in [0.15, 0.2) is 0 Å². The summed E-state index contributed by atoms with van der Waals surface area (Å²) in [7, 11) is 0. The maximum atomic E-state index is 12.8. The minimum atomic E-state index is -1.01. The Morgan fingerprint density at radius 2 is 1.79 bits per heavy atom. The number of amides is 4. The van der Waals surface area contributed by atoms with Crippen LogP contribution in [0.1, 0.15) is 18.9 Å². The summed E-state index contributed by atoms with van der Waals surface area (Å²) >= 11 is 1.51. The van der Waals surface area contributed by atoms with E-state index in [4.69, 9.17) is 0 Å². The number of para-hydroxylation sites is 1. The Bertz CT molecular complexity index is 887. The zero-order valence-electron chi connectivity index (χ0n) is 15.9. The number of nitrogens with one attached hydrogen (secondary N) is 2. The molecule has 2 N–H and O–H groups in total. The SMILES string of the molecule is CSc1ccccc1NC(=O)CN1C(=O)N[C@](C)(CCc2ccccc2)C1=O. The molecule has 1 atom stereocenters. The molecule has 0 bridgehead atoms. The van der Waals surface area contributed by atoms with Crippen LogP contribution < -0.4 is 10.6 Å². The molecule has 3 rings (SSSR count). The van der Waals surface area contributed by atoms with E-state index in [2.05, 4.69) is 10.6 Å². The summed E-state index contributed by atoms with van der Waals surface area (Å²) in [6.07, 6.45) is 3.04. The molecule has 1 fully saturated rings. The van der Waals surface area contributed by atoms with Gasteiger partial charge < -0.3 is 10.6 Å². The van der Waals surface area contributed by atoms with Crippen LogP contribution >= 0.6 is 11.8 Å². The first-order valence-electron chi connectivity index (χ1n) is 9.04. The number of urea groups is 1. The van der Waals surface area contributed by atoms with Gasteiger partial charge in [-0.2, -0.15) is 0 Å². The van der Waals surface area contributed by atoms with Gasteiger partial charge in [0.25, 0.3) is 5.91 Å². The first-order valence-corrected chi connectivity index (χ1v) is 10.3. The Kier molecular flexibility index (Phi) is 6.04. The molecular formula is C21H23N3O3S. The van der Waals surface area contributed by atoms with Crippen molar-refractivity contribution < 1.29 is 14.4 Å². The second-order valence-electron chi connectivity index (χ2n) is 6.89. The predicted molar refractivity (Wildman–Crippen MR) is 110 cm³/mol. The highest BCUT2D eigenvalue weighted by Crippen LogP contribution is 2.26. The summed E-state index contributed by atoms with van der Waals surface area (Å²) in [6, 6.07) is 16.6. The van der Waals surface area contributed by atoms with E-state index in [-0.39, 0.29) is 12.5 Å². The maximum Gasteiger partial charge on any atom is 0.325 e. The number of imide groups is 1. The highest BCUT2D eigenvalue weighted by Gasteiger charge is 2.47. The number of aryl methyl sites for hydroxylation is 1. The van der Waals surface area contributed by atoms with Crippen LogP contribution in [0.3, 0.4) is 0 Å². The first kappa shape index (κ1) is 19.9. The molecule has 0 unspecified atom stereocenters. The second kappa shape index (κ2) is 8.48. The van der Waals surface area contributed by atoms with E-state index in [0.717, 1.165) is 15.4 Å². The lowest BCUT2D eigenvalue weighted by Gasteiger charge is -2.21. The lowest BCUT2D eigenvalue weighted by molar-refractivity contribution is -0.133. The Balaban J connectivity index is 1.63. The average molecular weight is 398 g/mol. The van der Waals surface area contributed by atoms with E-state index in [0.29, 0.717) is 18.5 Å². The molecule has 1 saturated heterocycles. The Labute approximate surface area is 168 Å². The maximum absolute atomic E-state index is 12.8. The van der Waals surface area contributed by atoms with Crippen LogP contribution in [0.15, 0.2) is 59.5 Å². The number of nitrogens with zero attached hydrogens (tertiary/aromatic N) is 1. The summed E-state index contributed by atoms with van der Waals surface area (Å²) in [4.78, 5) is 39.5. The van der Waals surface area contributed by atoms with Gasteiger partial charge in [-0.3, -0.25) is 14.5 Å². The van der Waals surface area contributed by atoms with Gasteiger partial charge in [0, 0.05) is 4.90 Å². The third-order valence-electron chi connectivity index (χ3n) is 4.78. The molecule has 0 aliphatic carbocycles. The number of benzene rings is 2. The van der Waals surface area contributed by atoms with Gasteiger partial charge >= 0.3 is 6.03 Å². The van der Waals surface area contributed by atoms with Crippen LogP contribution in [-0.2, 0) is 16.0 Å². The monoisotopic (exact) mass is 397 g/mol. The molecule has 0 radical (unpaired) electrons. The number of carbonyl (C=O) groups is 3. The standard InChI is InChI=1S/C21H23N3O3S/c1-21(13-12-15-8-4-3-5-9-15)19(26)24(20(27)23-21)14-18(25)22-16-10-6-7-11-17(16)28-2/h3-11H,12-14H2,1-2H3,(H,22,25)(H,23,27)/t21-/m1/s1. The predicted octanol–water partition coefficient (Wildman–Crippen LogP) is 3.29. The van der Waals surface area contributed by atoms with Gasteiger partial charge in [0.05, 0.1) is 5.69 Å². The normalized spacial score (nSPS) is 18.9. The minimum absolute atomic E-state index is 0.311. The van der Waals surface area contributed by atoms with E-state index in [9.17, 15) is 14.4 Å². The van der Waals surface area contributed by atoms with Crippen molar-refractivity contribution >= 4 is 35.3 Å². The van der Waals surface area contributed by atoms with Crippen molar-refractivity contribution in [2.75, 3.05) is 18.1 Å². The lowest BCUT2D eigenvalue weighted by Crippen LogP contribution is -2.45. The molecule has 1 heterocycles. The van der Waals surface area contributed by atoms with Gasteiger partial charge in [-0.15, -0.1) is 11.8 Å². The van der Waals surface area contributed by atoms with Gasteiger partial charge in [-0.1, -0.05) is 42.5 Å². The fourth-order valence-corrected chi connectivity index (χ4v) is 3.73. The molecule has 1 aliphatic rings. The summed E-state index contributed by atoms with van der Waals surface area (Å²) in [6.45, 7) is 1.39. The minimum Gasteiger partial charge on any atom is -0.324 e. The number of hydrogen-bond donors (Lipinski definition) is 2. The van der Waals surface area contributed by atoms with Crippen LogP contribution in [0.2, 0.25) is 0 Å². The topological polar surface area (TPSA) is 78.5 Å². The van der Waals surface area contributed by atoms with Crippen LogP contribution in [0.5, 0.6) is 0 Å². The van der Waals surface area contributed by atoms with Crippen molar-refractivity contribution in [1.29, 1.82) is 0 Å². The van der Waals surface area contributed by atoms with E-state index in [1.54, 1.807) is 13.0 Å². The van der Waals surface area contributed by atoms with Crippen molar-refractivity contribution in [1.82, 2.24) is 10.2 Å². The molecule has 2 aromatic carbocycles. The molecule has 1 aliphatic heterocycles. The average Bonchev–Trinajstić information content (AvgIpc) is 2.91. The van der Waals surface area contributed by atoms with Gasteiger partial charge in [0.1, 0.15) is 12.1 Å². The van der Waals surface area contributed by atoms with Gasteiger partial charge in [-0.05, 0) is 43.7 Å². The quantitative estimate of drug-likeness (QED) is 0.555. The molecular weight excluding hydrogens is 374 g/mol. The summed E-state index contributed by atoms with van der Waals surface area (Å²) in [5, 5.41) is 5.53. The van der Waals surface area contributed by atoms with Crippen LogP contribution in [0, 0.1) is 0 Å². The van der Waals surface area contributed by atoms with Crippen LogP contribution in [0.25, 0.3) is 0 Å². The fourth-order valence-electron chi connectivity index (χ4n) is 3.18. The molecule has 4 amide bonds. The van der Waals surface area contributed by atoms with Crippen molar-refractivity contribution in [3.8, 4) is 0 Å². The number of rotatable bonds is 7. The molecule has 146 valence electrons. The molecule has 0 saturated carbocycles. The third kappa shape index (κ3) is 4.36. The number of hydrogen-bond acceptors (Lipinski definition) is 4. The van der Waals surface area contributed by atoms with Crippen molar-refractivity contribution in [2.24, 2.45) is 0 Å². The first-order chi connectivity index (χ1) is 13.4. The summed E-state index contributed by atoms with van der Waals surface area (Å²) < 4.78 is 0.